The van der Waals surface area contributed by atoms with Gasteiger partial charge in [-0.3, -0.25) is 10.1 Å². The maximum Gasteiger partial charge on any atom is 0.257 e. The van der Waals surface area contributed by atoms with Crippen LogP contribution in [-0.4, -0.2) is 23.0 Å². The molecule has 0 saturated heterocycles. The molecule has 0 spiro atoms. The molecule has 0 fully saturated rings. The first kappa shape index (κ1) is 16.4. The summed E-state index contributed by atoms with van der Waals surface area (Å²) in [5, 5.41) is 3.61. The molecule has 3 rings (SSSR count). The van der Waals surface area contributed by atoms with Crippen molar-refractivity contribution < 1.29 is 9.53 Å². The van der Waals surface area contributed by atoms with Gasteiger partial charge in [-0.15, -0.1) is 11.3 Å². The molecule has 0 atom stereocenters. The van der Waals surface area contributed by atoms with Crippen LogP contribution >= 0.6 is 22.9 Å². The average Bonchev–Trinajstić information content (AvgIpc) is 2.95. The number of amides is 1. The second kappa shape index (κ2) is 6.98. The molecule has 24 heavy (non-hydrogen) atoms. The molecule has 1 amide bonds. The third kappa shape index (κ3) is 3.55. The predicted molar refractivity (Wildman–Crippen MR) is 96.0 cm³/mol. The Balaban J connectivity index is 1.82. The van der Waals surface area contributed by atoms with E-state index in [1.165, 1.54) is 23.6 Å². The highest BCUT2D eigenvalue weighted by molar-refractivity contribution is 7.16. The molecule has 2 aromatic heterocycles. The van der Waals surface area contributed by atoms with Gasteiger partial charge in [0.25, 0.3) is 5.91 Å². The number of carbonyl (C=O) groups excluding carboxylic acids is 1. The number of aryl methyl sites for hydroxylation is 1. The summed E-state index contributed by atoms with van der Waals surface area (Å²) < 4.78 is 5.16. The fourth-order valence-corrected chi connectivity index (χ4v) is 3.18. The Bertz CT molecular complexity index is 878. The van der Waals surface area contributed by atoms with E-state index in [9.17, 15) is 4.79 Å². The van der Waals surface area contributed by atoms with Gasteiger partial charge < -0.3 is 4.74 Å². The van der Waals surface area contributed by atoms with Gasteiger partial charge in [0.2, 0.25) is 0 Å². The van der Waals surface area contributed by atoms with E-state index in [-0.39, 0.29) is 11.1 Å². The van der Waals surface area contributed by atoms with Crippen LogP contribution in [0.15, 0.2) is 42.6 Å². The van der Waals surface area contributed by atoms with Crippen LogP contribution in [0.2, 0.25) is 5.15 Å². The fourth-order valence-electron chi connectivity index (χ4n) is 2.18. The van der Waals surface area contributed by atoms with E-state index in [0.29, 0.717) is 10.7 Å². The van der Waals surface area contributed by atoms with Crippen LogP contribution in [0.1, 0.15) is 15.2 Å². The number of thiazole rings is 1. The van der Waals surface area contributed by atoms with Gasteiger partial charge in [-0.1, -0.05) is 11.6 Å². The number of hydrogen-bond donors (Lipinski definition) is 1. The number of aromatic nitrogens is 2. The third-order valence-electron chi connectivity index (χ3n) is 3.37. The highest BCUT2D eigenvalue weighted by atomic mass is 35.5. The second-order valence-electron chi connectivity index (χ2n) is 4.97. The van der Waals surface area contributed by atoms with Gasteiger partial charge >= 0.3 is 0 Å². The maximum atomic E-state index is 12.3. The fraction of sp³-hybridized carbons (Fsp3) is 0.118. The number of carbonyl (C=O) groups is 1. The van der Waals surface area contributed by atoms with Crippen LogP contribution in [0.25, 0.3) is 11.3 Å². The molecule has 0 unspecified atom stereocenters. The number of ether oxygens (including phenoxy) is 1. The lowest BCUT2D eigenvalue weighted by Crippen LogP contribution is -2.11. The van der Waals surface area contributed by atoms with Gasteiger partial charge in [0.05, 0.1) is 12.8 Å². The molecule has 5 nitrogen and oxygen atoms in total. The van der Waals surface area contributed by atoms with Crippen LogP contribution in [-0.2, 0) is 0 Å². The lowest BCUT2D eigenvalue weighted by Gasteiger charge is -2.02. The first-order valence-corrected chi connectivity index (χ1v) is 8.31. The van der Waals surface area contributed by atoms with Gasteiger partial charge in [-0.25, -0.2) is 9.97 Å². The van der Waals surface area contributed by atoms with Crippen molar-refractivity contribution in [3.05, 3.63) is 58.2 Å². The van der Waals surface area contributed by atoms with E-state index in [4.69, 9.17) is 16.3 Å². The van der Waals surface area contributed by atoms with E-state index in [1.807, 2.05) is 31.2 Å². The van der Waals surface area contributed by atoms with Crippen molar-refractivity contribution in [2.24, 2.45) is 0 Å². The number of rotatable bonds is 4. The maximum absolute atomic E-state index is 12.3. The summed E-state index contributed by atoms with van der Waals surface area (Å²) in [6.45, 7) is 1.97. The molecule has 0 radical (unpaired) electrons. The summed E-state index contributed by atoms with van der Waals surface area (Å²) in [5.41, 5.74) is 2.25. The van der Waals surface area contributed by atoms with Crippen molar-refractivity contribution in [1.29, 1.82) is 0 Å². The molecular weight excluding hydrogens is 346 g/mol. The van der Waals surface area contributed by atoms with E-state index < -0.39 is 0 Å². The highest BCUT2D eigenvalue weighted by Crippen LogP contribution is 2.31. The summed E-state index contributed by atoms with van der Waals surface area (Å²) in [7, 11) is 1.63. The minimum Gasteiger partial charge on any atom is -0.497 e. The summed E-state index contributed by atoms with van der Waals surface area (Å²) in [6, 6.07) is 10.8. The van der Waals surface area contributed by atoms with Gasteiger partial charge in [-0.2, -0.15) is 0 Å². The van der Waals surface area contributed by atoms with Crippen LogP contribution in [0.3, 0.4) is 0 Å². The van der Waals surface area contributed by atoms with E-state index >= 15 is 0 Å². The molecule has 0 aliphatic rings. The Morgan fingerprint density at radius 3 is 2.67 bits per heavy atom. The number of anilines is 1. The molecule has 122 valence electrons. The highest BCUT2D eigenvalue weighted by Gasteiger charge is 2.13. The van der Waals surface area contributed by atoms with Crippen LogP contribution < -0.4 is 10.1 Å². The minimum absolute atomic E-state index is 0.269. The standard InChI is InChI=1S/C17H14ClN3O2S/c1-10-15(11-3-5-13(23-2)6-4-11)20-17(24-10)21-16(22)12-7-8-19-14(18)9-12/h3-9H,1-2H3,(H,20,21,22). The number of benzene rings is 1. The normalized spacial score (nSPS) is 10.5. The Hall–Kier alpha value is -2.44. The Labute approximate surface area is 148 Å². The molecule has 1 aromatic carbocycles. The second-order valence-corrected chi connectivity index (χ2v) is 6.56. The molecule has 2 heterocycles. The van der Waals surface area contributed by atoms with Crippen molar-refractivity contribution in [2.45, 2.75) is 6.92 Å². The minimum atomic E-state index is -0.269. The number of pyridine rings is 1. The Morgan fingerprint density at radius 1 is 1.25 bits per heavy atom. The van der Waals surface area contributed by atoms with Gasteiger partial charge in [-0.05, 0) is 43.3 Å². The molecule has 0 bridgehead atoms. The van der Waals surface area contributed by atoms with Crippen LogP contribution in [0.4, 0.5) is 5.13 Å². The quantitative estimate of drug-likeness (QED) is 0.700. The summed E-state index contributed by atoms with van der Waals surface area (Å²) >= 11 is 7.24. The Kier molecular flexibility index (Phi) is 4.78. The SMILES string of the molecule is COc1ccc(-c2nc(NC(=O)c3ccnc(Cl)c3)sc2C)cc1. The molecular formula is C17H14ClN3O2S. The number of nitrogens with zero attached hydrogens (tertiary/aromatic N) is 2. The Morgan fingerprint density at radius 2 is 2.00 bits per heavy atom. The number of methoxy groups -OCH3 is 1. The average molecular weight is 360 g/mol. The molecule has 1 N–H and O–H groups in total. The molecule has 0 aliphatic heterocycles. The first-order chi connectivity index (χ1) is 11.6. The van der Waals surface area contributed by atoms with Crippen molar-refractivity contribution >= 4 is 34.0 Å². The number of halogens is 1. The van der Waals surface area contributed by atoms with Crippen LogP contribution in [0.5, 0.6) is 5.75 Å². The van der Waals surface area contributed by atoms with Crippen molar-refractivity contribution in [1.82, 2.24) is 9.97 Å². The van der Waals surface area contributed by atoms with E-state index in [0.717, 1.165) is 21.9 Å². The van der Waals surface area contributed by atoms with Crippen molar-refractivity contribution in [3.63, 3.8) is 0 Å². The van der Waals surface area contributed by atoms with E-state index in [2.05, 4.69) is 15.3 Å². The molecule has 3 aromatic rings. The zero-order valence-corrected chi connectivity index (χ0v) is 14.6. The summed E-state index contributed by atoms with van der Waals surface area (Å²) in [5.74, 6) is 0.518. The molecule has 7 heteroatoms. The largest absolute Gasteiger partial charge is 0.497 e. The van der Waals surface area contributed by atoms with E-state index in [1.54, 1.807) is 13.2 Å². The lowest BCUT2D eigenvalue weighted by molar-refractivity contribution is 0.102. The van der Waals surface area contributed by atoms with Crippen molar-refractivity contribution in [2.75, 3.05) is 12.4 Å². The topological polar surface area (TPSA) is 64.1 Å². The zero-order valence-electron chi connectivity index (χ0n) is 13.0. The number of nitrogens with one attached hydrogen (secondary N) is 1. The zero-order chi connectivity index (χ0) is 17.1. The summed E-state index contributed by atoms with van der Waals surface area (Å²) in [4.78, 5) is 21.7. The third-order valence-corrected chi connectivity index (χ3v) is 4.46. The number of hydrogen-bond acceptors (Lipinski definition) is 5. The van der Waals surface area contributed by atoms with Gasteiger partial charge in [0.1, 0.15) is 10.9 Å². The smallest absolute Gasteiger partial charge is 0.257 e. The van der Waals surface area contributed by atoms with Crippen molar-refractivity contribution in [3.8, 4) is 17.0 Å². The summed E-state index contributed by atoms with van der Waals surface area (Å²) in [6.07, 6.45) is 1.49. The molecule has 0 aliphatic carbocycles. The van der Waals surface area contributed by atoms with Gasteiger partial charge in [0, 0.05) is 22.2 Å². The predicted octanol–water partition coefficient (Wildman–Crippen LogP) is 4.43. The monoisotopic (exact) mass is 359 g/mol. The lowest BCUT2D eigenvalue weighted by atomic mass is 10.1. The van der Waals surface area contributed by atoms with Gasteiger partial charge in [0.15, 0.2) is 5.13 Å². The van der Waals surface area contributed by atoms with Crippen LogP contribution in [0, 0.1) is 6.92 Å². The first-order valence-electron chi connectivity index (χ1n) is 7.11. The molecule has 0 saturated carbocycles.